The van der Waals surface area contributed by atoms with Crippen LogP contribution in [0.4, 0.5) is 0 Å². The van der Waals surface area contributed by atoms with Crippen LogP contribution in [0.3, 0.4) is 0 Å². The zero-order valence-electron chi connectivity index (χ0n) is 9.10. The topological polar surface area (TPSA) is 69.4 Å². The van der Waals surface area contributed by atoms with E-state index in [1.165, 1.54) is 7.11 Å². The van der Waals surface area contributed by atoms with Gasteiger partial charge in [-0.1, -0.05) is 12.6 Å². The summed E-state index contributed by atoms with van der Waals surface area (Å²) in [7, 11) is 1.21. The van der Waals surface area contributed by atoms with Crippen molar-refractivity contribution >= 4 is 29.7 Å². The highest BCUT2D eigenvalue weighted by atomic mass is 16.5. The van der Waals surface area contributed by atoms with Crippen molar-refractivity contribution in [1.29, 1.82) is 0 Å². The average molecular weight is 231 g/mol. The largest absolute Gasteiger partial charge is 0.466 e. The van der Waals surface area contributed by atoms with Gasteiger partial charge in [0.25, 0.3) is 0 Å². The van der Waals surface area contributed by atoms with Crippen molar-refractivity contribution in [3.05, 3.63) is 39.2 Å². The van der Waals surface area contributed by atoms with Crippen molar-refractivity contribution in [3.63, 3.8) is 0 Å². The van der Waals surface area contributed by atoms with Gasteiger partial charge in [0.1, 0.15) is 5.52 Å². The molecule has 1 aromatic heterocycles. The number of aromatic nitrogens is 1. The fourth-order valence-electron chi connectivity index (χ4n) is 1.32. The summed E-state index contributed by atoms with van der Waals surface area (Å²) in [6.07, 6.45) is 0.963. The molecule has 0 N–H and O–H groups in total. The van der Waals surface area contributed by atoms with Crippen LogP contribution in [0.25, 0.3) is 23.8 Å². The fraction of sp³-hybridized carbons (Fsp3) is 0.0833. The minimum Gasteiger partial charge on any atom is -0.466 e. The van der Waals surface area contributed by atoms with Gasteiger partial charge in [0.05, 0.1) is 13.2 Å². The summed E-state index contributed by atoms with van der Waals surface area (Å²) in [4.78, 5) is 26.3. The van der Waals surface area contributed by atoms with Gasteiger partial charge in [-0.05, 0) is 17.4 Å². The molecular formula is C12H9NO4. The Bertz CT molecular complexity index is 745. The van der Waals surface area contributed by atoms with Crippen molar-refractivity contribution in [2.24, 2.45) is 0 Å². The lowest BCUT2D eigenvalue weighted by Crippen LogP contribution is -2.28. The van der Waals surface area contributed by atoms with Crippen LogP contribution in [0.15, 0.2) is 27.4 Å². The van der Waals surface area contributed by atoms with Crippen LogP contribution in [0.5, 0.6) is 0 Å². The maximum atomic E-state index is 11.5. The van der Waals surface area contributed by atoms with Crippen LogP contribution in [0.2, 0.25) is 0 Å². The number of methoxy groups -OCH3 is 1. The number of benzene rings is 1. The van der Waals surface area contributed by atoms with Crippen molar-refractivity contribution in [2.45, 2.75) is 0 Å². The monoisotopic (exact) mass is 231 g/mol. The molecule has 1 aromatic carbocycles. The molecule has 0 amide bonds. The molecule has 0 atom stereocenters. The number of hydrogen-bond donors (Lipinski definition) is 0. The molecule has 0 spiro atoms. The molecule has 1 heterocycles. The Morgan fingerprint density at radius 1 is 1.53 bits per heavy atom. The smallest absolute Gasteiger partial charge is 0.334 e. The molecule has 0 aliphatic heterocycles. The molecule has 0 fully saturated rings. The molecule has 0 radical (unpaired) electrons. The minimum atomic E-state index is -0.669. The van der Waals surface area contributed by atoms with Crippen LogP contribution in [0, 0.1) is 0 Å². The molecule has 0 saturated heterocycles. The van der Waals surface area contributed by atoms with Crippen LogP contribution < -0.4 is 16.2 Å². The summed E-state index contributed by atoms with van der Waals surface area (Å²) in [5.41, 5.74) is 0.0475. The number of nitrogens with zero attached hydrogens (tertiary/aromatic N) is 1. The SMILES string of the molecule is C=c1ccc2nc(=O)/c(=C\C(=O)OC)oc2c1. The van der Waals surface area contributed by atoms with Gasteiger partial charge in [-0.15, -0.1) is 0 Å². The summed E-state index contributed by atoms with van der Waals surface area (Å²) >= 11 is 0. The van der Waals surface area contributed by atoms with E-state index in [0.717, 1.165) is 11.3 Å². The summed E-state index contributed by atoms with van der Waals surface area (Å²) in [6, 6.07) is 4.98. The van der Waals surface area contributed by atoms with Crippen molar-refractivity contribution in [2.75, 3.05) is 7.11 Å². The zero-order valence-corrected chi connectivity index (χ0v) is 9.10. The standard InChI is InChI=1S/C12H9NO4/c1-7-3-4-8-9(5-7)17-10(12(15)13-8)6-11(14)16-2/h3-6H,1H2,2H3/b10-6+. The molecule has 0 unspecified atom stereocenters. The lowest BCUT2D eigenvalue weighted by Gasteiger charge is -1.95. The molecule has 0 saturated carbocycles. The van der Waals surface area contributed by atoms with Crippen molar-refractivity contribution in [3.8, 4) is 0 Å². The zero-order chi connectivity index (χ0) is 12.4. The van der Waals surface area contributed by atoms with Crippen molar-refractivity contribution in [1.82, 2.24) is 4.98 Å². The van der Waals surface area contributed by atoms with E-state index in [9.17, 15) is 9.59 Å². The molecule has 5 nitrogen and oxygen atoms in total. The predicted octanol–water partition coefficient (Wildman–Crippen LogP) is -0.448. The van der Waals surface area contributed by atoms with E-state index in [1.807, 2.05) is 0 Å². The quantitative estimate of drug-likeness (QED) is 0.622. The Morgan fingerprint density at radius 2 is 2.29 bits per heavy atom. The number of carbonyl (C=O) groups is 1. The molecule has 5 heteroatoms. The maximum absolute atomic E-state index is 11.5. The third-order valence-corrected chi connectivity index (χ3v) is 2.13. The first-order valence-electron chi connectivity index (χ1n) is 4.80. The molecule has 2 rings (SSSR count). The third-order valence-electron chi connectivity index (χ3n) is 2.13. The average Bonchev–Trinajstić information content (AvgIpc) is 2.30. The molecule has 0 bridgehead atoms. The number of rotatable bonds is 1. The predicted molar refractivity (Wildman–Crippen MR) is 61.5 cm³/mol. The van der Waals surface area contributed by atoms with Gasteiger partial charge in [-0.25, -0.2) is 9.78 Å². The molecule has 17 heavy (non-hydrogen) atoms. The maximum Gasteiger partial charge on any atom is 0.334 e. The first-order chi connectivity index (χ1) is 8.10. The van der Waals surface area contributed by atoms with E-state index in [1.54, 1.807) is 18.2 Å². The first kappa shape index (κ1) is 11.1. The van der Waals surface area contributed by atoms with Crippen LogP contribution in [-0.4, -0.2) is 18.1 Å². The second-order valence-corrected chi connectivity index (χ2v) is 3.35. The molecule has 2 aromatic rings. The van der Waals surface area contributed by atoms with Gasteiger partial charge in [-0.2, -0.15) is 0 Å². The van der Waals surface area contributed by atoms with E-state index in [0.29, 0.717) is 11.1 Å². The molecule has 0 aliphatic rings. The van der Waals surface area contributed by atoms with Gasteiger partial charge in [0.15, 0.2) is 5.58 Å². The van der Waals surface area contributed by atoms with Gasteiger partial charge in [0, 0.05) is 0 Å². The number of hydrogen-bond acceptors (Lipinski definition) is 5. The summed E-state index contributed by atoms with van der Waals surface area (Å²) in [5, 5.41) is 0.728. The highest BCUT2D eigenvalue weighted by molar-refractivity contribution is 5.99. The van der Waals surface area contributed by atoms with Gasteiger partial charge in [0.2, 0.25) is 5.42 Å². The second-order valence-electron chi connectivity index (χ2n) is 3.35. The Morgan fingerprint density at radius 3 is 3.00 bits per heavy atom. The number of fused-ring (bicyclic) bond motifs is 1. The Labute approximate surface area is 95.7 Å². The van der Waals surface area contributed by atoms with Gasteiger partial charge >= 0.3 is 11.5 Å². The fourth-order valence-corrected chi connectivity index (χ4v) is 1.32. The second kappa shape index (κ2) is 4.21. The van der Waals surface area contributed by atoms with E-state index in [-0.39, 0.29) is 5.42 Å². The highest BCUT2D eigenvalue weighted by Crippen LogP contribution is 2.02. The Balaban J connectivity index is 2.78. The molecule has 86 valence electrons. The normalized spacial score (nSPS) is 11.7. The summed E-state index contributed by atoms with van der Waals surface area (Å²) in [5.74, 6) is -0.669. The third kappa shape index (κ3) is 2.23. The number of esters is 1. The highest BCUT2D eigenvalue weighted by Gasteiger charge is 2.02. The summed E-state index contributed by atoms with van der Waals surface area (Å²) < 4.78 is 9.69. The minimum absolute atomic E-state index is 0.157. The Hall–Kier alpha value is -2.43. The van der Waals surface area contributed by atoms with E-state index in [4.69, 9.17) is 4.42 Å². The van der Waals surface area contributed by atoms with E-state index < -0.39 is 11.5 Å². The van der Waals surface area contributed by atoms with Gasteiger partial charge < -0.3 is 9.15 Å². The van der Waals surface area contributed by atoms with E-state index >= 15 is 0 Å². The summed E-state index contributed by atoms with van der Waals surface area (Å²) in [6.45, 7) is 3.73. The molecular weight excluding hydrogens is 222 g/mol. The van der Waals surface area contributed by atoms with E-state index in [2.05, 4.69) is 16.3 Å². The van der Waals surface area contributed by atoms with Crippen LogP contribution in [0.1, 0.15) is 0 Å². The van der Waals surface area contributed by atoms with Crippen molar-refractivity contribution < 1.29 is 13.9 Å². The lowest BCUT2D eigenvalue weighted by atomic mass is 10.3. The first-order valence-corrected chi connectivity index (χ1v) is 4.80. The number of carbonyl (C=O) groups excluding carboxylic acids is 1. The number of ether oxygens (including phenoxy) is 1. The lowest BCUT2D eigenvalue weighted by molar-refractivity contribution is -0.133. The van der Waals surface area contributed by atoms with Gasteiger partial charge in [-0.3, -0.25) is 4.79 Å². The van der Waals surface area contributed by atoms with Crippen LogP contribution >= 0.6 is 0 Å². The molecule has 0 aliphatic carbocycles. The Kier molecular flexibility index (Phi) is 2.74. The van der Waals surface area contributed by atoms with Crippen LogP contribution in [-0.2, 0) is 9.53 Å².